The number of benzene rings is 3. The van der Waals surface area contributed by atoms with Crippen LogP contribution in [0.25, 0.3) is 21.9 Å². The third-order valence-electron chi connectivity index (χ3n) is 4.87. The lowest BCUT2D eigenvalue weighted by molar-refractivity contribution is 0.0704. The zero-order valence-electron chi connectivity index (χ0n) is 16.8. The molecule has 0 amide bonds. The van der Waals surface area contributed by atoms with E-state index in [0.29, 0.717) is 27.0 Å². The molecule has 0 saturated heterocycles. The van der Waals surface area contributed by atoms with Gasteiger partial charge in [0, 0.05) is 11.5 Å². The van der Waals surface area contributed by atoms with Crippen molar-refractivity contribution in [3.05, 3.63) is 99.0 Å². The van der Waals surface area contributed by atoms with Crippen LogP contribution in [0.5, 0.6) is 17.2 Å². The van der Waals surface area contributed by atoms with E-state index in [-0.39, 0.29) is 28.3 Å². The molecule has 7 heteroatoms. The monoisotopic (exact) mass is 490 g/mol. The Morgan fingerprint density at radius 3 is 2.50 bits per heavy atom. The molecule has 5 rings (SSSR count). The van der Waals surface area contributed by atoms with Gasteiger partial charge < -0.3 is 18.3 Å². The quantitative estimate of drug-likeness (QED) is 0.208. The highest BCUT2D eigenvalue weighted by Gasteiger charge is 2.18. The summed E-state index contributed by atoms with van der Waals surface area (Å²) in [6, 6.07) is 20.7. The van der Waals surface area contributed by atoms with Gasteiger partial charge >= 0.3 is 5.97 Å². The first kappa shape index (κ1) is 20.1. The smallest absolute Gasteiger partial charge is 0.379 e. The lowest BCUT2D eigenvalue weighted by Gasteiger charge is -2.10. The third-order valence-corrected chi connectivity index (χ3v) is 5.53. The Bertz CT molecular complexity index is 1510. The summed E-state index contributed by atoms with van der Waals surface area (Å²) in [6.45, 7) is 1.64. The van der Waals surface area contributed by atoms with Gasteiger partial charge in [-0.1, -0.05) is 30.3 Å². The van der Waals surface area contributed by atoms with Gasteiger partial charge in [-0.2, -0.15) is 0 Å². The highest BCUT2D eigenvalue weighted by atomic mass is 79.9. The Morgan fingerprint density at radius 2 is 1.69 bits per heavy atom. The van der Waals surface area contributed by atoms with Crippen molar-refractivity contribution in [2.75, 3.05) is 0 Å². The van der Waals surface area contributed by atoms with Crippen LogP contribution in [0.3, 0.4) is 0 Å². The van der Waals surface area contributed by atoms with Crippen LogP contribution in [0.1, 0.15) is 16.3 Å². The number of carbonyl (C=O) groups is 1. The Hall–Kier alpha value is -3.84. The number of carbonyl (C=O) groups excluding carboxylic acids is 1. The number of hydrogen-bond donors (Lipinski definition) is 0. The lowest BCUT2D eigenvalue weighted by Crippen LogP contribution is -2.09. The SMILES string of the molecule is Cc1oc2cc(OC(=O)c3cc4ccccc4o3)ccc2c(=O)c1Oc1ccccc1Br. The number of hydrogen-bond acceptors (Lipinski definition) is 6. The van der Waals surface area contributed by atoms with Gasteiger partial charge in [0.15, 0.2) is 0 Å². The second-order valence-corrected chi connectivity index (χ2v) is 7.90. The van der Waals surface area contributed by atoms with E-state index >= 15 is 0 Å². The van der Waals surface area contributed by atoms with E-state index in [9.17, 15) is 9.59 Å². The molecule has 0 radical (unpaired) electrons. The molecule has 5 aromatic rings. The van der Waals surface area contributed by atoms with Gasteiger partial charge in [0.2, 0.25) is 16.9 Å². The van der Waals surface area contributed by atoms with E-state index in [0.717, 1.165) is 5.39 Å². The van der Waals surface area contributed by atoms with E-state index in [1.807, 2.05) is 30.3 Å². The summed E-state index contributed by atoms with van der Waals surface area (Å²) in [5, 5.41) is 1.11. The first-order chi connectivity index (χ1) is 15.5. The van der Waals surface area contributed by atoms with Crippen molar-refractivity contribution in [2.45, 2.75) is 6.92 Å². The molecule has 6 nitrogen and oxygen atoms in total. The number of rotatable bonds is 4. The summed E-state index contributed by atoms with van der Waals surface area (Å²) >= 11 is 3.40. The second-order valence-electron chi connectivity index (χ2n) is 7.04. The zero-order valence-corrected chi connectivity index (χ0v) is 18.3. The molecule has 0 atom stereocenters. The molecule has 2 aromatic heterocycles. The molecule has 0 aliphatic heterocycles. The van der Waals surface area contributed by atoms with Gasteiger partial charge in [0.1, 0.15) is 28.4 Å². The molecule has 0 spiro atoms. The van der Waals surface area contributed by atoms with Gasteiger partial charge in [-0.25, -0.2) is 4.79 Å². The fourth-order valence-electron chi connectivity index (χ4n) is 3.33. The minimum atomic E-state index is -0.645. The van der Waals surface area contributed by atoms with Crippen molar-refractivity contribution in [1.82, 2.24) is 0 Å². The van der Waals surface area contributed by atoms with E-state index < -0.39 is 5.97 Å². The molecule has 0 bridgehead atoms. The molecule has 0 N–H and O–H groups in total. The van der Waals surface area contributed by atoms with Gasteiger partial charge in [-0.3, -0.25) is 4.79 Å². The molecule has 32 heavy (non-hydrogen) atoms. The van der Waals surface area contributed by atoms with Crippen LogP contribution in [0, 0.1) is 6.92 Å². The van der Waals surface area contributed by atoms with Crippen molar-refractivity contribution in [2.24, 2.45) is 0 Å². The minimum absolute atomic E-state index is 0.0844. The van der Waals surface area contributed by atoms with Crippen molar-refractivity contribution in [3.63, 3.8) is 0 Å². The van der Waals surface area contributed by atoms with Crippen molar-refractivity contribution in [3.8, 4) is 17.2 Å². The van der Waals surface area contributed by atoms with E-state index in [2.05, 4.69) is 15.9 Å². The molecular weight excluding hydrogens is 476 g/mol. The molecule has 158 valence electrons. The lowest BCUT2D eigenvalue weighted by atomic mass is 10.2. The van der Waals surface area contributed by atoms with Gasteiger partial charge in [-0.15, -0.1) is 0 Å². The Morgan fingerprint density at radius 1 is 0.906 bits per heavy atom. The maximum absolute atomic E-state index is 13.0. The summed E-state index contributed by atoms with van der Waals surface area (Å²) < 4.78 is 23.3. The predicted molar refractivity (Wildman–Crippen MR) is 123 cm³/mol. The number of para-hydroxylation sites is 2. The maximum atomic E-state index is 13.0. The summed E-state index contributed by atoms with van der Waals surface area (Å²) in [5.74, 6) is 0.564. The van der Waals surface area contributed by atoms with Crippen LogP contribution < -0.4 is 14.9 Å². The van der Waals surface area contributed by atoms with E-state index in [1.165, 1.54) is 18.2 Å². The normalized spacial score (nSPS) is 11.1. The van der Waals surface area contributed by atoms with E-state index in [1.54, 1.807) is 31.2 Å². The van der Waals surface area contributed by atoms with Crippen LogP contribution in [-0.4, -0.2) is 5.97 Å². The number of fused-ring (bicyclic) bond motifs is 2. The third kappa shape index (κ3) is 3.67. The fourth-order valence-corrected chi connectivity index (χ4v) is 3.69. The van der Waals surface area contributed by atoms with Crippen molar-refractivity contribution >= 4 is 43.8 Å². The topological polar surface area (TPSA) is 78.9 Å². The van der Waals surface area contributed by atoms with Gasteiger partial charge in [-0.05, 0) is 59.3 Å². The number of aryl methyl sites for hydroxylation is 1. The second kappa shape index (κ2) is 8.01. The molecule has 0 aliphatic rings. The van der Waals surface area contributed by atoms with Crippen LogP contribution >= 0.6 is 15.9 Å². The molecule has 2 heterocycles. The van der Waals surface area contributed by atoms with Crippen molar-refractivity contribution < 1.29 is 23.1 Å². The molecular formula is C25H15BrO6. The van der Waals surface area contributed by atoms with Crippen LogP contribution in [0.15, 0.2) is 90.9 Å². The summed E-state index contributed by atoms with van der Waals surface area (Å²) in [5.41, 5.74) is 0.550. The first-order valence-corrected chi connectivity index (χ1v) is 10.5. The molecule has 3 aromatic carbocycles. The number of esters is 1. The Kier molecular flexibility index (Phi) is 5.03. The summed E-state index contributed by atoms with van der Waals surface area (Å²) in [6.07, 6.45) is 0. The number of furan rings is 1. The van der Waals surface area contributed by atoms with E-state index in [4.69, 9.17) is 18.3 Å². The molecule has 0 aliphatic carbocycles. The Labute approximate surface area is 190 Å². The highest BCUT2D eigenvalue weighted by molar-refractivity contribution is 9.10. The summed E-state index contributed by atoms with van der Waals surface area (Å²) in [7, 11) is 0. The first-order valence-electron chi connectivity index (χ1n) is 9.70. The summed E-state index contributed by atoms with van der Waals surface area (Å²) in [4.78, 5) is 25.5. The Balaban J connectivity index is 1.46. The standard InChI is InChI=1S/C25H15BrO6/c1-14-24(32-20-9-5-3-7-18(20)26)23(27)17-11-10-16(13-21(17)29-14)30-25(28)22-12-15-6-2-4-8-19(15)31-22/h2-13H,1H3. The fraction of sp³-hybridized carbons (Fsp3) is 0.0400. The molecule has 0 fully saturated rings. The van der Waals surface area contributed by atoms with Crippen LogP contribution in [-0.2, 0) is 0 Å². The van der Waals surface area contributed by atoms with Crippen LogP contribution in [0.4, 0.5) is 0 Å². The van der Waals surface area contributed by atoms with Crippen LogP contribution in [0.2, 0.25) is 0 Å². The minimum Gasteiger partial charge on any atom is -0.457 e. The number of halogens is 1. The largest absolute Gasteiger partial charge is 0.457 e. The predicted octanol–water partition coefficient (Wildman–Crippen LogP) is 6.62. The molecule has 0 unspecified atom stereocenters. The molecule has 0 saturated carbocycles. The number of ether oxygens (including phenoxy) is 2. The zero-order chi connectivity index (χ0) is 22.2. The highest BCUT2D eigenvalue weighted by Crippen LogP contribution is 2.31. The maximum Gasteiger partial charge on any atom is 0.379 e. The average molecular weight is 491 g/mol. The average Bonchev–Trinajstić information content (AvgIpc) is 3.22. The van der Waals surface area contributed by atoms with Crippen molar-refractivity contribution in [1.29, 1.82) is 0 Å². The van der Waals surface area contributed by atoms with Gasteiger partial charge in [0.25, 0.3) is 0 Å². The van der Waals surface area contributed by atoms with Gasteiger partial charge in [0.05, 0.1) is 9.86 Å².